The molecule has 0 heterocycles. The Balaban J connectivity index is 2.80. The van der Waals surface area contributed by atoms with Gasteiger partial charge in [0.2, 0.25) is 5.91 Å². The normalized spacial score (nSPS) is 12.6. The van der Waals surface area contributed by atoms with Gasteiger partial charge < -0.3 is 10.4 Å². The molecule has 94 valence electrons. The molecule has 0 aromatic heterocycles. The third-order valence-electron chi connectivity index (χ3n) is 2.83. The Morgan fingerprint density at radius 3 is 2.18 bits per heavy atom. The summed E-state index contributed by atoms with van der Waals surface area (Å²) in [5.41, 5.74) is 3.03. The first-order valence-electron chi connectivity index (χ1n) is 5.94. The van der Waals surface area contributed by atoms with E-state index in [1.165, 1.54) is 0 Å². The van der Waals surface area contributed by atoms with Crippen molar-refractivity contribution >= 4 is 11.6 Å². The van der Waals surface area contributed by atoms with Gasteiger partial charge in [0.15, 0.2) is 0 Å². The molecule has 3 nitrogen and oxygen atoms in total. The van der Waals surface area contributed by atoms with E-state index in [2.05, 4.69) is 11.4 Å². The minimum absolute atomic E-state index is 0.117. The lowest BCUT2D eigenvalue weighted by Gasteiger charge is -2.18. The van der Waals surface area contributed by atoms with Crippen molar-refractivity contribution in [1.82, 2.24) is 0 Å². The molecule has 1 aromatic rings. The number of amides is 1. The first-order chi connectivity index (χ1) is 7.93. The van der Waals surface area contributed by atoms with E-state index in [1.807, 2.05) is 39.8 Å². The van der Waals surface area contributed by atoms with Gasteiger partial charge in [-0.15, -0.1) is 0 Å². The third kappa shape index (κ3) is 3.86. The van der Waals surface area contributed by atoms with Gasteiger partial charge >= 0.3 is 0 Å². The van der Waals surface area contributed by atoms with E-state index in [9.17, 15) is 9.90 Å². The summed E-state index contributed by atoms with van der Waals surface area (Å²) in [6.07, 6.45) is 0. The molecule has 0 bridgehead atoms. The average Bonchev–Trinajstić information content (AvgIpc) is 2.15. The molecule has 1 unspecified atom stereocenters. The molecule has 0 fully saturated rings. The summed E-state index contributed by atoms with van der Waals surface area (Å²) in [5, 5.41) is 12.1. The molecule has 0 aliphatic rings. The Morgan fingerprint density at radius 1 is 1.24 bits per heavy atom. The first kappa shape index (κ1) is 13.7. The number of nitrogens with one attached hydrogen (secondary N) is 1. The van der Waals surface area contributed by atoms with Crippen molar-refractivity contribution in [3.05, 3.63) is 29.3 Å². The second kappa shape index (κ2) is 5.82. The highest BCUT2D eigenvalue weighted by Crippen LogP contribution is 2.17. The molecule has 0 aliphatic heterocycles. The van der Waals surface area contributed by atoms with Gasteiger partial charge in [0.05, 0.1) is 12.5 Å². The van der Waals surface area contributed by atoms with Gasteiger partial charge in [0.25, 0.3) is 0 Å². The Labute approximate surface area is 103 Å². The molecule has 0 saturated carbocycles. The van der Waals surface area contributed by atoms with Crippen molar-refractivity contribution in [2.24, 2.45) is 11.8 Å². The van der Waals surface area contributed by atoms with Crippen LogP contribution < -0.4 is 5.32 Å². The summed E-state index contributed by atoms with van der Waals surface area (Å²) in [6.45, 7) is 7.74. The maximum Gasteiger partial charge on any atom is 0.230 e. The van der Waals surface area contributed by atoms with Crippen LogP contribution in [0.3, 0.4) is 0 Å². The predicted molar refractivity (Wildman–Crippen MR) is 70.0 cm³/mol. The highest BCUT2D eigenvalue weighted by molar-refractivity contribution is 5.92. The second-order valence-electron chi connectivity index (χ2n) is 4.90. The lowest BCUT2D eigenvalue weighted by Crippen LogP contribution is -2.29. The molecule has 0 spiro atoms. The zero-order valence-corrected chi connectivity index (χ0v) is 10.9. The van der Waals surface area contributed by atoms with Gasteiger partial charge in [-0.2, -0.15) is 0 Å². The quantitative estimate of drug-likeness (QED) is 0.842. The van der Waals surface area contributed by atoms with Crippen LogP contribution in [0.1, 0.15) is 25.0 Å². The largest absolute Gasteiger partial charge is 0.396 e. The minimum atomic E-state index is -0.351. The summed E-state index contributed by atoms with van der Waals surface area (Å²) in [6, 6.07) is 5.92. The van der Waals surface area contributed by atoms with Gasteiger partial charge in [-0.1, -0.05) is 19.9 Å². The summed E-state index contributed by atoms with van der Waals surface area (Å²) < 4.78 is 0. The van der Waals surface area contributed by atoms with Crippen LogP contribution in [0, 0.1) is 25.7 Å². The summed E-state index contributed by atoms with van der Waals surface area (Å²) >= 11 is 0. The number of hydrogen-bond donors (Lipinski definition) is 2. The van der Waals surface area contributed by atoms with Gasteiger partial charge in [0.1, 0.15) is 0 Å². The molecule has 17 heavy (non-hydrogen) atoms. The van der Waals surface area contributed by atoms with E-state index in [0.29, 0.717) is 0 Å². The highest BCUT2D eigenvalue weighted by atomic mass is 16.3. The molecule has 1 amide bonds. The number of anilines is 1. The smallest absolute Gasteiger partial charge is 0.230 e. The topological polar surface area (TPSA) is 49.3 Å². The van der Waals surface area contributed by atoms with Crippen LogP contribution in [0.25, 0.3) is 0 Å². The van der Waals surface area contributed by atoms with Gasteiger partial charge in [-0.25, -0.2) is 0 Å². The Bertz CT molecular complexity index is 379. The van der Waals surface area contributed by atoms with Crippen molar-refractivity contribution in [1.29, 1.82) is 0 Å². The lowest BCUT2D eigenvalue weighted by molar-refractivity contribution is -0.122. The van der Waals surface area contributed by atoms with Crippen LogP contribution in [0.4, 0.5) is 5.69 Å². The van der Waals surface area contributed by atoms with E-state index in [4.69, 9.17) is 0 Å². The van der Waals surface area contributed by atoms with Gasteiger partial charge in [0, 0.05) is 5.69 Å². The Hall–Kier alpha value is -1.35. The number of rotatable bonds is 4. The maximum absolute atomic E-state index is 11.9. The number of hydrogen-bond acceptors (Lipinski definition) is 2. The number of benzene rings is 1. The molecule has 3 heteroatoms. The average molecular weight is 235 g/mol. The summed E-state index contributed by atoms with van der Waals surface area (Å²) in [4.78, 5) is 11.9. The summed E-state index contributed by atoms with van der Waals surface area (Å²) in [7, 11) is 0. The molecule has 0 saturated heterocycles. The molecular formula is C14H21NO2. The van der Waals surface area contributed by atoms with Crippen LogP contribution in [0.5, 0.6) is 0 Å². The molecule has 1 atom stereocenters. The highest BCUT2D eigenvalue weighted by Gasteiger charge is 2.21. The van der Waals surface area contributed by atoms with Crippen molar-refractivity contribution in [2.45, 2.75) is 27.7 Å². The van der Waals surface area contributed by atoms with Gasteiger partial charge in [-0.3, -0.25) is 4.79 Å². The predicted octanol–water partition coefficient (Wildman–Crippen LogP) is 2.51. The summed E-state index contributed by atoms with van der Waals surface area (Å²) in [5.74, 6) is -0.339. The Kier molecular flexibility index (Phi) is 4.70. The maximum atomic E-state index is 11.9. The van der Waals surface area contributed by atoms with E-state index in [1.54, 1.807) is 0 Å². The number of aliphatic hydroxyl groups excluding tert-OH is 1. The second-order valence-corrected chi connectivity index (χ2v) is 4.90. The monoisotopic (exact) mass is 235 g/mol. The minimum Gasteiger partial charge on any atom is -0.396 e. The van der Waals surface area contributed by atoms with Crippen LogP contribution in [0.2, 0.25) is 0 Å². The van der Waals surface area contributed by atoms with Crippen LogP contribution >= 0.6 is 0 Å². The zero-order chi connectivity index (χ0) is 13.0. The number of carbonyl (C=O) groups excluding carboxylic acids is 1. The fourth-order valence-corrected chi connectivity index (χ4v) is 1.88. The molecular weight excluding hydrogens is 214 g/mol. The van der Waals surface area contributed by atoms with Crippen molar-refractivity contribution < 1.29 is 9.90 Å². The van der Waals surface area contributed by atoms with E-state index in [-0.39, 0.29) is 24.3 Å². The van der Waals surface area contributed by atoms with Crippen molar-refractivity contribution in [3.8, 4) is 0 Å². The fraction of sp³-hybridized carbons (Fsp3) is 0.500. The fourth-order valence-electron chi connectivity index (χ4n) is 1.88. The van der Waals surface area contributed by atoms with Crippen molar-refractivity contribution in [3.63, 3.8) is 0 Å². The van der Waals surface area contributed by atoms with E-state index >= 15 is 0 Å². The number of aryl methyl sites for hydroxylation is 2. The van der Waals surface area contributed by atoms with E-state index in [0.717, 1.165) is 16.8 Å². The third-order valence-corrected chi connectivity index (χ3v) is 2.83. The van der Waals surface area contributed by atoms with Crippen LogP contribution in [-0.2, 0) is 4.79 Å². The Morgan fingerprint density at radius 2 is 1.76 bits per heavy atom. The standard InChI is InChI=1S/C14H21NO2/c1-9(2)13(8-16)14(17)15-12-6-10(3)5-11(4)7-12/h5-7,9,13,16H,8H2,1-4H3,(H,15,17). The van der Waals surface area contributed by atoms with Crippen molar-refractivity contribution in [2.75, 3.05) is 11.9 Å². The van der Waals surface area contributed by atoms with Crippen LogP contribution in [-0.4, -0.2) is 17.6 Å². The van der Waals surface area contributed by atoms with Gasteiger partial charge in [-0.05, 0) is 43.0 Å². The molecule has 0 aliphatic carbocycles. The van der Waals surface area contributed by atoms with E-state index < -0.39 is 0 Å². The molecule has 2 N–H and O–H groups in total. The SMILES string of the molecule is Cc1cc(C)cc(NC(=O)C(CO)C(C)C)c1. The molecule has 1 rings (SSSR count). The lowest BCUT2D eigenvalue weighted by atomic mass is 9.96. The zero-order valence-electron chi connectivity index (χ0n) is 10.9. The molecule has 1 aromatic carbocycles. The number of carbonyl (C=O) groups is 1. The van der Waals surface area contributed by atoms with Crippen LogP contribution in [0.15, 0.2) is 18.2 Å². The number of aliphatic hydroxyl groups is 1. The molecule has 0 radical (unpaired) electrons. The first-order valence-corrected chi connectivity index (χ1v) is 5.94.